The maximum Gasteiger partial charge on any atom is 0.335 e. The standard InChI is InChI=1S/C19H27NO4/c21-18(12-9-15-7-10-16(11-8-15)19(22)23)20-13-14-24-17-5-3-1-2-4-6-17/h7-8,10-11,17H,1-6,9,12-14H2,(H,20,21)(H,22,23). The number of rotatable bonds is 8. The molecule has 2 rings (SSSR count). The normalized spacial score (nSPS) is 15.7. The van der Waals surface area contributed by atoms with E-state index >= 15 is 0 Å². The van der Waals surface area contributed by atoms with Crippen LogP contribution in [0.2, 0.25) is 0 Å². The SMILES string of the molecule is O=C(CCc1ccc(C(=O)O)cc1)NCCOC1CCCCCC1. The molecular formula is C19H27NO4. The third-order valence-electron chi connectivity index (χ3n) is 4.42. The topological polar surface area (TPSA) is 75.6 Å². The molecular weight excluding hydrogens is 306 g/mol. The van der Waals surface area contributed by atoms with Gasteiger partial charge in [-0.05, 0) is 37.0 Å². The molecule has 5 nitrogen and oxygen atoms in total. The first-order chi connectivity index (χ1) is 11.6. The van der Waals surface area contributed by atoms with Crippen molar-refractivity contribution in [3.8, 4) is 0 Å². The van der Waals surface area contributed by atoms with Gasteiger partial charge in [-0.25, -0.2) is 4.79 Å². The highest BCUT2D eigenvalue weighted by atomic mass is 16.5. The van der Waals surface area contributed by atoms with Crippen molar-refractivity contribution in [3.05, 3.63) is 35.4 Å². The second-order valence-corrected chi connectivity index (χ2v) is 6.34. The number of benzene rings is 1. The Labute approximate surface area is 143 Å². The average molecular weight is 333 g/mol. The minimum absolute atomic E-state index is 0.00165. The Kier molecular flexibility index (Phi) is 7.75. The van der Waals surface area contributed by atoms with E-state index in [1.54, 1.807) is 24.3 Å². The number of hydrogen-bond acceptors (Lipinski definition) is 3. The number of hydrogen-bond donors (Lipinski definition) is 2. The fourth-order valence-electron chi connectivity index (χ4n) is 2.98. The molecule has 0 heterocycles. The van der Waals surface area contributed by atoms with Gasteiger partial charge in [-0.15, -0.1) is 0 Å². The Morgan fingerprint density at radius 2 is 1.75 bits per heavy atom. The lowest BCUT2D eigenvalue weighted by atomic mass is 10.1. The molecule has 1 aliphatic carbocycles. The molecule has 5 heteroatoms. The molecule has 0 bridgehead atoms. The Bertz CT molecular complexity index is 519. The van der Waals surface area contributed by atoms with Crippen molar-refractivity contribution in [2.45, 2.75) is 57.5 Å². The highest BCUT2D eigenvalue weighted by Gasteiger charge is 2.12. The summed E-state index contributed by atoms with van der Waals surface area (Å²) < 4.78 is 5.84. The van der Waals surface area contributed by atoms with Crippen molar-refractivity contribution in [2.24, 2.45) is 0 Å². The van der Waals surface area contributed by atoms with Crippen LogP contribution in [0.25, 0.3) is 0 Å². The van der Waals surface area contributed by atoms with Gasteiger partial charge in [0, 0.05) is 13.0 Å². The maximum atomic E-state index is 11.8. The highest BCUT2D eigenvalue weighted by Crippen LogP contribution is 2.19. The second kappa shape index (κ2) is 10.1. The molecule has 0 aliphatic heterocycles. The van der Waals surface area contributed by atoms with Crippen LogP contribution in [-0.2, 0) is 16.0 Å². The predicted octanol–water partition coefficient (Wildman–Crippen LogP) is 3.17. The Balaban J connectivity index is 1.58. The van der Waals surface area contributed by atoms with Gasteiger partial charge >= 0.3 is 5.97 Å². The minimum atomic E-state index is -0.937. The summed E-state index contributed by atoms with van der Waals surface area (Å²) in [6.07, 6.45) is 8.76. The van der Waals surface area contributed by atoms with Crippen LogP contribution in [0, 0.1) is 0 Å². The summed E-state index contributed by atoms with van der Waals surface area (Å²) in [6.45, 7) is 1.12. The smallest absolute Gasteiger partial charge is 0.335 e. The number of carbonyl (C=O) groups is 2. The molecule has 0 radical (unpaired) electrons. The van der Waals surface area contributed by atoms with E-state index in [2.05, 4.69) is 5.32 Å². The van der Waals surface area contributed by atoms with Crippen LogP contribution in [0.15, 0.2) is 24.3 Å². The molecule has 0 spiro atoms. The van der Waals surface area contributed by atoms with E-state index < -0.39 is 5.97 Å². The van der Waals surface area contributed by atoms with Crippen molar-refractivity contribution in [1.82, 2.24) is 5.32 Å². The van der Waals surface area contributed by atoms with Gasteiger partial charge in [0.25, 0.3) is 0 Å². The predicted molar refractivity (Wildman–Crippen MR) is 92.2 cm³/mol. The van der Waals surface area contributed by atoms with Gasteiger partial charge in [0.2, 0.25) is 5.91 Å². The molecule has 1 aromatic carbocycles. The van der Waals surface area contributed by atoms with Crippen LogP contribution in [0.1, 0.15) is 60.9 Å². The first-order valence-corrected chi connectivity index (χ1v) is 8.85. The van der Waals surface area contributed by atoms with Gasteiger partial charge in [-0.2, -0.15) is 0 Å². The lowest BCUT2D eigenvalue weighted by molar-refractivity contribution is -0.121. The number of aromatic carboxylic acids is 1. The molecule has 0 aromatic heterocycles. The zero-order valence-electron chi connectivity index (χ0n) is 14.1. The van der Waals surface area contributed by atoms with Crippen LogP contribution in [0.5, 0.6) is 0 Å². The zero-order chi connectivity index (χ0) is 17.2. The fourth-order valence-corrected chi connectivity index (χ4v) is 2.98. The Morgan fingerprint density at radius 1 is 1.08 bits per heavy atom. The van der Waals surface area contributed by atoms with Crippen molar-refractivity contribution in [1.29, 1.82) is 0 Å². The summed E-state index contributed by atoms with van der Waals surface area (Å²) in [5.41, 5.74) is 1.23. The van der Waals surface area contributed by atoms with Crippen molar-refractivity contribution < 1.29 is 19.4 Å². The average Bonchev–Trinajstić information content (AvgIpc) is 2.86. The molecule has 0 saturated heterocycles. The van der Waals surface area contributed by atoms with E-state index in [-0.39, 0.29) is 11.5 Å². The Morgan fingerprint density at radius 3 is 2.38 bits per heavy atom. The molecule has 1 saturated carbocycles. The molecule has 0 atom stereocenters. The van der Waals surface area contributed by atoms with Crippen LogP contribution in [-0.4, -0.2) is 36.2 Å². The number of amides is 1. The quantitative estimate of drug-likeness (QED) is 0.566. The molecule has 1 fully saturated rings. The summed E-state index contributed by atoms with van der Waals surface area (Å²) in [5.74, 6) is -0.935. The van der Waals surface area contributed by atoms with Crippen molar-refractivity contribution in [2.75, 3.05) is 13.2 Å². The van der Waals surface area contributed by atoms with Crippen LogP contribution >= 0.6 is 0 Å². The number of aryl methyl sites for hydroxylation is 1. The maximum absolute atomic E-state index is 11.8. The number of carbonyl (C=O) groups excluding carboxylic acids is 1. The summed E-state index contributed by atoms with van der Waals surface area (Å²) in [6, 6.07) is 6.64. The largest absolute Gasteiger partial charge is 0.478 e. The van der Waals surface area contributed by atoms with Gasteiger partial charge in [0.1, 0.15) is 0 Å². The van der Waals surface area contributed by atoms with E-state index in [0.29, 0.717) is 32.1 Å². The van der Waals surface area contributed by atoms with Crippen LogP contribution in [0.3, 0.4) is 0 Å². The van der Waals surface area contributed by atoms with E-state index in [0.717, 1.165) is 18.4 Å². The molecule has 1 aromatic rings. The van der Waals surface area contributed by atoms with E-state index in [9.17, 15) is 9.59 Å². The van der Waals surface area contributed by atoms with E-state index in [4.69, 9.17) is 9.84 Å². The van der Waals surface area contributed by atoms with Gasteiger partial charge in [0.05, 0.1) is 18.3 Å². The molecule has 1 amide bonds. The van der Waals surface area contributed by atoms with Gasteiger partial charge in [-0.1, -0.05) is 37.8 Å². The van der Waals surface area contributed by atoms with Gasteiger partial charge in [0.15, 0.2) is 0 Å². The minimum Gasteiger partial charge on any atom is -0.478 e. The highest BCUT2D eigenvalue weighted by molar-refractivity contribution is 5.87. The van der Waals surface area contributed by atoms with Crippen LogP contribution < -0.4 is 5.32 Å². The number of carboxylic acid groups (broad SMARTS) is 1. The summed E-state index contributed by atoms with van der Waals surface area (Å²) >= 11 is 0. The molecule has 1 aliphatic rings. The van der Waals surface area contributed by atoms with Gasteiger partial charge < -0.3 is 15.2 Å². The molecule has 0 unspecified atom stereocenters. The van der Waals surface area contributed by atoms with Crippen LogP contribution in [0.4, 0.5) is 0 Å². The second-order valence-electron chi connectivity index (χ2n) is 6.34. The Hall–Kier alpha value is -1.88. The molecule has 24 heavy (non-hydrogen) atoms. The monoisotopic (exact) mass is 333 g/mol. The number of carboxylic acids is 1. The third kappa shape index (κ3) is 6.71. The first-order valence-electron chi connectivity index (χ1n) is 8.85. The molecule has 132 valence electrons. The molecule has 2 N–H and O–H groups in total. The first kappa shape index (κ1) is 18.5. The summed E-state index contributed by atoms with van der Waals surface area (Å²) in [7, 11) is 0. The number of nitrogens with one attached hydrogen (secondary N) is 1. The summed E-state index contributed by atoms with van der Waals surface area (Å²) in [4.78, 5) is 22.6. The van der Waals surface area contributed by atoms with E-state index in [1.807, 2.05) is 0 Å². The lowest BCUT2D eigenvalue weighted by Crippen LogP contribution is -2.29. The van der Waals surface area contributed by atoms with E-state index in [1.165, 1.54) is 25.7 Å². The lowest BCUT2D eigenvalue weighted by Gasteiger charge is -2.15. The third-order valence-corrected chi connectivity index (χ3v) is 4.42. The summed E-state index contributed by atoms with van der Waals surface area (Å²) in [5, 5.41) is 11.7. The fraction of sp³-hybridized carbons (Fsp3) is 0.579. The van der Waals surface area contributed by atoms with Gasteiger partial charge in [-0.3, -0.25) is 4.79 Å². The zero-order valence-corrected chi connectivity index (χ0v) is 14.1. The van der Waals surface area contributed by atoms with Crippen molar-refractivity contribution in [3.63, 3.8) is 0 Å². The number of ether oxygens (including phenoxy) is 1. The van der Waals surface area contributed by atoms with Crippen molar-refractivity contribution >= 4 is 11.9 Å².